The highest BCUT2D eigenvalue weighted by Gasteiger charge is 2.30. The number of hydrogen-bond donors (Lipinski definition) is 3. The van der Waals surface area contributed by atoms with E-state index in [1.807, 2.05) is 48.5 Å². The molecule has 0 spiro atoms. The van der Waals surface area contributed by atoms with Crippen molar-refractivity contribution < 1.29 is 34.2 Å². The van der Waals surface area contributed by atoms with E-state index in [4.69, 9.17) is 9.47 Å². The van der Waals surface area contributed by atoms with Crippen molar-refractivity contribution in [3.8, 4) is 22.6 Å². The number of alkyl carbamates (subject to hydrolysis) is 1. The van der Waals surface area contributed by atoms with Gasteiger partial charge in [-0.3, -0.25) is 10.1 Å². The number of nitrogens with zero attached hydrogens (tertiary/aromatic N) is 1. The second-order valence-corrected chi connectivity index (χ2v) is 7.98. The van der Waals surface area contributed by atoms with Crippen molar-refractivity contribution in [3.05, 3.63) is 87.5 Å². The second kappa shape index (κ2) is 9.72. The van der Waals surface area contributed by atoms with E-state index in [2.05, 4.69) is 5.32 Å². The van der Waals surface area contributed by atoms with Gasteiger partial charge in [-0.05, 0) is 22.3 Å². The van der Waals surface area contributed by atoms with Crippen molar-refractivity contribution in [2.45, 2.75) is 18.4 Å². The van der Waals surface area contributed by atoms with Crippen LogP contribution in [0.5, 0.6) is 11.5 Å². The number of benzene rings is 3. The molecule has 10 heteroatoms. The molecule has 1 aliphatic rings. The fourth-order valence-corrected chi connectivity index (χ4v) is 4.27. The molecule has 0 aliphatic heterocycles. The van der Waals surface area contributed by atoms with Gasteiger partial charge in [0.15, 0.2) is 11.5 Å². The van der Waals surface area contributed by atoms with E-state index < -0.39 is 35.2 Å². The van der Waals surface area contributed by atoms with Gasteiger partial charge in [-0.1, -0.05) is 48.5 Å². The Bertz CT molecular complexity index is 1260. The maximum atomic E-state index is 12.5. The van der Waals surface area contributed by atoms with Gasteiger partial charge in [0.25, 0.3) is 5.69 Å². The number of aromatic hydroxyl groups is 1. The summed E-state index contributed by atoms with van der Waals surface area (Å²) in [7, 11) is 1.21. The van der Waals surface area contributed by atoms with Gasteiger partial charge < -0.3 is 25.0 Å². The molecule has 0 fully saturated rings. The number of carboxylic acids is 1. The van der Waals surface area contributed by atoms with Crippen LogP contribution in [0.2, 0.25) is 0 Å². The molecule has 1 aliphatic carbocycles. The lowest BCUT2D eigenvalue weighted by atomic mass is 9.98. The summed E-state index contributed by atoms with van der Waals surface area (Å²) in [5.41, 5.74) is 3.66. The van der Waals surface area contributed by atoms with E-state index in [1.165, 1.54) is 7.11 Å². The Morgan fingerprint density at radius 2 is 1.69 bits per heavy atom. The number of methoxy groups -OCH3 is 1. The Hall–Kier alpha value is -4.60. The van der Waals surface area contributed by atoms with Gasteiger partial charge in [0.1, 0.15) is 12.6 Å². The molecule has 0 radical (unpaired) electrons. The summed E-state index contributed by atoms with van der Waals surface area (Å²) in [5, 5.41) is 33.4. The number of hydrogen-bond acceptors (Lipinski definition) is 7. The number of phenolic OH excluding ortho intramolecular Hbond substituents is 1. The summed E-state index contributed by atoms with van der Waals surface area (Å²) in [6, 6.07) is 16.1. The lowest BCUT2D eigenvalue weighted by molar-refractivity contribution is -0.385. The SMILES string of the molecule is COc1cc([N+](=O)[O-])cc(CC(NC(=O)OCC2c3ccccc3-c3ccccc32)C(=O)O)c1O. The number of phenols is 1. The topological polar surface area (TPSA) is 148 Å². The number of carboxylic acid groups (broad SMARTS) is 1. The van der Waals surface area contributed by atoms with Gasteiger partial charge in [-0.2, -0.15) is 0 Å². The van der Waals surface area contributed by atoms with Crippen LogP contribution in [0, 0.1) is 10.1 Å². The summed E-state index contributed by atoms with van der Waals surface area (Å²) in [4.78, 5) is 34.8. The molecule has 0 aromatic heterocycles. The van der Waals surface area contributed by atoms with Crippen molar-refractivity contribution in [1.29, 1.82) is 0 Å². The van der Waals surface area contributed by atoms with Crippen molar-refractivity contribution in [1.82, 2.24) is 5.32 Å². The minimum absolute atomic E-state index is 0.0118. The molecule has 35 heavy (non-hydrogen) atoms. The Labute approximate surface area is 199 Å². The van der Waals surface area contributed by atoms with Crippen LogP contribution in [0.15, 0.2) is 60.7 Å². The molecule has 10 nitrogen and oxygen atoms in total. The average molecular weight is 478 g/mol. The van der Waals surface area contributed by atoms with Crippen molar-refractivity contribution >= 4 is 17.7 Å². The number of ether oxygens (including phenoxy) is 2. The van der Waals surface area contributed by atoms with Crippen LogP contribution in [0.25, 0.3) is 11.1 Å². The zero-order chi connectivity index (χ0) is 25.1. The third kappa shape index (κ3) is 4.72. The van der Waals surface area contributed by atoms with Crippen LogP contribution in [-0.2, 0) is 16.0 Å². The van der Waals surface area contributed by atoms with Crippen LogP contribution >= 0.6 is 0 Å². The van der Waals surface area contributed by atoms with Crippen LogP contribution in [0.1, 0.15) is 22.6 Å². The molecule has 1 unspecified atom stereocenters. The first-order valence-electron chi connectivity index (χ1n) is 10.7. The number of nitro groups is 1. The Balaban J connectivity index is 1.48. The molecule has 0 bridgehead atoms. The molecule has 0 saturated carbocycles. The number of nitrogens with one attached hydrogen (secondary N) is 1. The quantitative estimate of drug-likeness (QED) is 0.327. The van der Waals surface area contributed by atoms with E-state index in [1.54, 1.807) is 0 Å². The highest BCUT2D eigenvalue weighted by atomic mass is 16.6. The maximum Gasteiger partial charge on any atom is 0.407 e. The van der Waals surface area contributed by atoms with Crippen LogP contribution in [-0.4, -0.2) is 47.0 Å². The molecule has 3 aromatic carbocycles. The molecule has 1 amide bonds. The molecule has 3 N–H and O–H groups in total. The number of aliphatic carboxylic acids is 1. The monoisotopic (exact) mass is 478 g/mol. The average Bonchev–Trinajstić information content (AvgIpc) is 3.17. The van der Waals surface area contributed by atoms with Crippen molar-refractivity contribution in [2.24, 2.45) is 0 Å². The third-order valence-corrected chi connectivity index (χ3v) is 5.93. The second-order valence-electron chi connectivity index (χ2n) is 7.98. The summed E-state index contributed by atoms with van der Waals surface area (Å²) in [6.07, 6.45) is -1.39. The predicted molar refractivity (Wildman–Crippen MR) is 125 cm³/mol. The molecule has 0 saturated heterocycles. The number of fused-ring (bicyclic) bond motifs is 3. The Kier molecular flexibility index (Phi) is 6.54. The Morgan fingerprint density at radius 3 is 2.23 bits per heavy atom. The first-order chi connectivity index (χ1) is 16.8. The predicted octanol–water partition coefficient (Wildman–Crippen LogP) is 3.84. The number of non-ortho nitro benzene ring substituents is 1. The van der Waals surface area contributed by atoms with Gasteiger partial charge in [-0.15, -0.1) is 0 Å². The van der Waals surface area contributed by atoms with Crippen molar-refractivity contribution in [2.75, 3.05) is 13.7 Å². The first kappa shape index (κ1) is 23.6. The molecular formula is C25H22N2O8. The highest BCUT2D eigenvalue weighted by molar-refractivity contribution is 5.81. The van der Waals surface area contributed by atoms with E-state index in [9.17, 15) is 29.9 Å². The van der Waals surface area contributed by atoms with Crippen LogP contribution in [0.4, 0.5) is 10.5 Å². The fraction of sp³-hybridized carbons (Fsp3) is 0.200. The smallest absolute Gasteiger partial charge is 0.407 e. The number of amides is 1. The standard InChI is InChI=1S/C25H22N2O8/c1-34-22-12-15(27(32)33)10-14(23(22)28)11-21(24(29)30)26-25(31)35-13-20-18-8-4-2-6-16(18)17-7-3-5-9-19(17)20/h2-10,12,20-21,28H,11,13H2,1H3,(H,26,31)(H,29,30). The number of rotatable bonds is 8. The number of carbonyl (C=O) groups excluding carboxylic acids is 1. The van der Waals surface area contributed by atoms with Gasteiger partial charge in [0.2, 0.25) is 0 Å². The minimum atomic E-state index is -1.51. The number of carbonyl (C=O) groups is 2. The fourth-order valence-electron chi connectivity index (χ4n) is 4.27. The van der Waals surface area contributed by atoms with Crippen LogP contribution < -0.4 is 10.1 Å². The number of nitro benzene ring substituents is 1. The van der Waals surface area contributed by atoms with Crippen molar-refractivity contribution in [3.63, 3.8) is 0 Å². The maximum absolute atomic E-state index is 12.5. The normalized spacial score (nSPS) is 12.8. The van der Waals surface area contributed by atoms with E-state index in [-0.39, 0.29) is 29.5 Å². The summed E-state index contributed by atoms with van der Waals surface area (Å²) >= 11 is 0. The van der Waals surface area contributed by atoms with Crippen LogP contribution in [0.3, 0.4) is 0 Å². The van der Waals surface area contributed by atoms with E-state index >= 15 is 0 Å². The Morgan fingerprint density at radius 1 is 1.09 bits per heavy atom. The largest absolute Gasteiger partial charge is 0.504 e. The molecule has 0 heterocycles. The highest BCUT2D eigenvalue weighted by Crippen LogP contribution is 2.44. The molecule has 180 valence electrons. The molecular weight excluding hydrogens is 456 g/mol. The zero-order valence-corrected chi connectivity index (χ0v) is 18.6. The summed E-state index contributed by atoms with van der Waals surface area (Å²) < 4.78 is 10.3. The first-order valence-corrected chi connectivity index (χ1v) is 10.7. The molecule has 1 atom stereocenters. The van der Waals surface area contributed by atoms with Gasteiger partial charge in [-0.25, -0.2) is 9.59 Å². The zero-order valence-electron chi connectivity index (χ0n) is 18.6. The van der Waals surface area contributed by atoms with Gasteiger partial charge >= 0.3 is 12.1 Å². The molecule has 3 aromatic rings. The van der Waals surface area contributed by atoms with E-state index in [0.29, 0.717) is 0 Å². The van der Waals surface area contributed by atoms with Gasteiger partial charge in [0.05, 0.1) is 18.1 Å². The lowest BCUT2D eigenvalue weighted by Crippen LogP contribution is -2.43. The summed E-state index contributed by atoms with van der Waals surface area (Å²) in [5.74, 6) is -2.23. The van der Waals surface area contributed by atoms with Gasteiger partial charge in [0, 0.05) is 24.0 Å². The lowest BCUT2D eigenvalue weighted by Gasteiger charge is -2.18. The molecule has 4 rings (SSSR count). The van der Waals surface area contributed by atoms with E-state index in [0.717, 1.165) is 34.4 Å². The third-order valence-electron chi connectivity index (χ3n) is 5.93. The summed E-state index contributed by atoms with van der Waals surface area (Å²) in [6.45, 7) is -0.0118. The minimum Gasteiger partial charge on any atom is -0.504 e.